The number of para-hydroxylation sites is 1. The highest BCUT2D eigenvalue weighted by atomic mass is 16.5. The van der Waals surface area contributed by atoms with Crippen LogP contribution in [0.15, 0.2) is 24.4 Å². The molecular weight excluding hydrogens is 372 g/mol. The van der Waals surface area contributed by atoms with Crippen molar-refractivity contribution in [3.63, 3.8) is 0 Å². The zero-order valence-electron chi connectivity index (χ0n) is 16.6. The molecule has 0 aliphatic carbocycles. The first-order chi connectivity index (χ1) is 14.0. The van der Waals surface area contributed by atoms with Gasteiger partial charge in [0.15, 0.2) is 0 Å². The molecule has 29 heavy (non-hydrogen) atoms. The number of carbonyl (C=O) groups is 2. The molecule has 2 N–H and O–H groups in total. The highest BCUT2D eigenvalue weighted by molar-refractivity contribution is 5.97. The van der Waals surface area contributed by atoms with Gasteiger partial charge < -0.3 is 20.1 Å². The lowest BCUT2D eigenvalue weighted by atomic mass is 9.94. The molecule has 0 radical (unpaired) electrons. The molecule has 1 saturated heterocycles. The summed E-state index contributed by atoms with van der Waals surface area (Å²) in [5.74, 6) is -0.0460. The van der Waals surface area contributed by atoms with Crippen molar-refractivity contribution in [2.75, 3.05) is 32.8 Å². The molecule has 8 heteroatoms. The smallest absolute Gasteiger partial charge is 0.257 e. The number of phenolic OH excluding ortho intramolecular Hbond substituents is 1. The number of aromatic hydroxyl groups is 1. The number of nitrogens with one attached hydrogen (secondary N) is 1. The molecule has 0 spiro atoms. The summed E-state index contributed by atoms with van der Waals surface area (Å²) in [6, 6.07) is 5.14. The van der Waals surface area contributed by atoms with Crippen LogP contribution in [0, 0.1) is 12.8 Å². The first kappa shape index (κ1) is 19.4. The van der Waals surface area contributed by atoms with E-state index in [2.05, 4.69) is 10.4 Å². The predicted molar refractivity (Wildman–Crippen MR) is 106 cm³/mol. The number of rotatable bonds is 4. The van der Waals surface area contributed by atoms with E-state index in [1.165, 1.54) is 0 Å². The molecule has 2 aromatic rings. The average molecular weight is 398 g/mol. The molecule has 4 rings (SSSR count). The molecule has 2 aliphatic heterocycles. The molecule has 0 saturated carbocycles. The summed E-state index contributed by atoms with van der Waals surface area (Å²) in [6.45, 7) is 5.31. The van der Waals surface area contributed by atoms with Crippen LogP contribution in [0.25, 0.3) is 0 Å². The predicted octanol–water partition coefficient (Wildman–Crippen LogP) is 1.36. The van der Waals surface area contributed by atoms with E-state index in [9.17, 15) is 14.7 Å². The Balaban J connectivity index is 1.41. The second kappa shape index (κ2) is 8.24. The first-order valence-electron chi connectivity index (χ1n) is 10.0. The fraction of sp³-hybridized carbons (Fsp3) is 0.476. The van der Waals surface area contributed by atoms with E-state index in [0.29, 0.717) is 50.4 Å². The lowest BCUT2D eigenvalue weighted by molar-refractivity contribution is 0.0301. The van der Waals surface area contributed by atoms with Gasteiger partial charge in [0.1, 0.15) is 5.75 Å². The Kier molecular flexibility index (Phi) is 5.53. The Labute approximate surface area is 169 Å². The van der Waals surface area contributed by atoms with E-state index in [1.54, 1.807) is 31.3 Å². The molecule has 8 nitrogen and oxygen atoms in total. The molecule has 2 amide bonds. The van der Waals surface area contributed by atoms with E-state index in [-0.39, 0.29) is 29.0 Å². The van der Waals surface area contributed by atoms with Crippen molar-refractivity contribution in [2.45, 2.75) is 26.3 Å². The van der Waals surface area contributed by atoms with Crippen molar-refractivity contribution in [3.05, 3.63) is 46.8 Å². The van der Waals surface area contributed by atoms with Gasteiger partial charge in [0, 0.05) is 26.2 Å². The van der Waals surface area contributed by atoms with E-state index < -0.39 is 0 Å². The van der Waals surface area contributed by atoms with Crippen molar-refractivity contribution in [1.82, 2.24) is 20.0 Å². The van der Waals surface area contributed by atoms with Gasteiger partial charge in [-0.15, -0.1) is 0 Å². The van der Waals surface area contributed by atoms with Crippen LogP contribution in [0.2, 0.25) is 0 Å². The number of amides is 2. The summed E-state index contributed by atoms with van der Waals surface area (Å²) in [4.78, 5) is 27.2. The highest BCUT2D eigenvalue weighted by Gasteiger charge is 2.28. The molecule has 1 aromatic carbocycles. The number of nitrogens with zero attached hydrogens (tertiary/aromatic N) is 3. The standard InChI is InChI=1S/C21H26N4O4/c1-14-3-2-4-16(19(14)26)20(27)22-12-15-5-6-25-18(11-15)17(13-23-25)21(28)24-7-9-29-10-8-24/h2-4,13,15,26H,5-12H2,1H3,(H,22,27)/t15-/m1/s1. The zero-order valence-corrected chi connectivity index (χ0v) is 16.6. The van der Waals surface area contributed by atoms with Crippen molar-refractivity contribution in [2.24, 2.45) is 5.92 Å². The topological polar surface area (TPSA) is 96.7 Å². The minimum absolute atomic E-state index is 0.00363. The molecule has 154 valence electrons. The number of aromatic nitrogens is 2. The van der Waals surface area contributed by atoms with E-state index in [1.807, 2.05) is 9.58 Å². The van der Waals surface area contributed by atoms with Crippen LogP contribution < -0.4 is 5.32 Å². The largest absolute Gasteiger partial charge is 0.507 e. The minimum Gasteiger partial charge on any atom is -0.507 e. The van der Waals surface area contributed by atoms with Crippen LogP contribution in [0.5, 0.6) is 5.75 Å². The SMILES string of the molecule is Cc1cccc(C(=O)NC[C@@H]2CCn3ncc(C(=O)N4CCOCC4)c3C2)c1O. The van der Waals surface area contributed by atoms with Gasteiger partial charge in [0.2, 0.25) is 0 Å². The lowest BCUT2D eigenvalue weighted by Gasteiger charge is -2.28. The van der Waals surface area contributed by atoms with Gasteiger partial charge in [0.25, 0.3) is 11.8 Å². The Hall–Kier alpha value is -2.87. The van der Waals surface area contributed by atoms with Gasteiger partial charge in [-0.05, 0) is 37.3 Å². The summed E-state index contributed by atoms with van der Waals surface area (Å²) >= 11 is 0. The van der Waals surface area contributed by atoms with Crippen LogP contribution in [0.3, 0.4) is 0 Å². The number of ether oxygens (including phenoxy) is 1. The lowest BCUT2D eigenvalue weighted by Crippen LogP contribution is -2.41. The monoisotopic (exact) mass is 398 g/mol. The molecule has 0 bridgehead atoms. The Morgan fingerprint density at radius 2 is 2.03 bits per heavy atom. The summed E-state index contributed by atoms with van der Waals surface area (Å²) in [6.07, 6.45) is 3.23. The normalized spacial score (nSPS) is 18.9. The summed E-state index contributed by atoms with van der Waals surface area (Å²) in [5.41, 5.74) is 2.55. The summed E-state index contributed by atoms with van der Waals surface area (Å²) < 4.78 is 7.23. The molecule has 3 heterocycles. The van der Waals surface area contributed by atoms with Gasteiger partial charge in [-0.2, -0.15) is 5.10 Å². The number of morpholine rings is 1. The van der Waals surface area contributed by atoms with Crippen molar-refractivity contribution in [3.8, 4) is 5.75 Å². The van der Waals surface area contributed by atoms with Gasteiger partial charge in [-0.3, -0.25) is 14.3 Å². The van der Waals surface area contributed by atoms with Crippen LogP contribution in [0.1, 0.15) is 38.4 Å². The number of hydrogen-bond donors (Lipinski definition) is 2. The number of carbonyl (C=O) groups excluding carboxylic acids is 2. The third kappa shape index (κ3) is 3.98. The number of aryl methyl sites for hydroxylation is 2. The molecule has 1 aromatic heterocycles. The Morgan fingerprint density at radius 3 is 2.83 bits per heavy atom. The maximum absolute atomic E-state index is 12.9. The van der Waals surface area contributed by atoms with Gasteiger partial charge in [-0.1, -0.05) is 12.1 Å². The number of fused-ring (bicyclic) bond motifs is 1. The summed E-state index contributed by atoms with van der Waals surface area (Å²) in [5, 5.41) is 17.4. The molecule has 1 atom stereocenters. The van der Waals surface area contributed by atoms with Crippen LogP contribution in [-0.2, 0) is 17.7 Å². The van der Waals surface area contributed by atoms with Gasteiger partial charge in [0.05, 0.1) is 36.2 Å². The zero-order chi connectivity index (χ0) is 20.4. The molecule has 0 unspecified atom stereocenters. The van der Waals surface area contributed by atoms with Crippen molar-refractivity contribution in [1.29, 1.82) is 0 Å². The first-order valence-corrected chi connectivity index (χ1v) is 10.0. The van der Waals surface area contributed by atoms with E-state index in [4.69, 9.17) is 4.74 Å². The van der Waals surface area contributed by atoms with Gasteiger partial charge >= 0.3 is 0 Å². The minimum atomic E-state index is -0.283. The van der Waals surface area contributed by atoms with Gasteiger partial charge in [-0.25, -0.2) is 0 Å². The fourth-order valence-electron chi connectivity index (χ4n) is 3.96. The fourth-order valence-corrected chi connectivity index (χ4v) is 3.96. The molecular formula is C21H26N4O4. The third-order valence-corrected chi connectivity index (χ3v) is 5.74. The maximum atomic E-state index is 12.9. The maximum Gasteiger partial charge on any atom is 0.257 e. The van der Waals surface area contributed by atoms with Crippen LogP contribution in [-0.4, -0.2) is 64.4 Å². The van der Waals surface area contributed by atoms with E-state index >= 15 is 0 Å². The van der Waals surface area contributed by atoms with Crippen molar-refractivity contribution >= 4 is 11.8 Å². The number of phenols is 1. The van der Waals surface area contributed by atoms with Crippen molar-refractivity contribution < 1.29 is 19.4 Å². The highest BCUT2D eigenvalue weighted by Crippen LogP contribution is 2.25. The van der Waals surface area contributed by atoms with Crippen LogP contribution in [0.4, 0.5) is 0 Å². The second-order valence-corrected chi connectivity index (χ2v) is 7.67. The Morgan fingerprint density at radius 1 is 1.24 bits per heavy atom. The average Bonchev–Trinajstić information content (AvgIpc) is 3.17. The molecule has 2 aliphatic rings. The Bertz CT molecular complexity index is 917. The number of hydrogen-bond acceptors (Lipinski definition) is 5. The quantitative estimate of drug-likeness (QED) is 0.811. The van der Waals surface area contributed by atoms with Crippen LogP contribution >= 0.6 is 0 Å². The molecule has 1 fully saturated rings. The number of benzene rings is 1. The third-order valence-electron chi connectivity index (χ3n) is 5.74. The van der Waals surface area contributed by atoms with E-state index in [0.717, 1.165) is 18.7 Å². The summed E-state index contributed by atoms with van der Waals surface area (Å²) in [7, 11) is 0. The second-order valence-electron chi connectivity index (χ2n) is 7.67.